The Morgan fingerprint density at radius 3 is 2.57 bits per heavy atom. The van der Waals surface area contributed by atoms with Crippen LogP contribution in [0.1, 0.15) is 15.9 Å². The van der Waals surface area contributed by atoms with E-state index < -0.39 is 0 Å². The Morgan fingerprint density at radius 1 is 1.19 bits per heavy atom. The molecule has 0 aliphatic heterocycles. The minimum absolute atomic E-state index is 0.00941. The lowest BCUT2D eigenvalue weighted by Gasteiger charge is -2.23. The second-order valence-electron chi connectivity index (χ2n) is 4.67. The summed E-state index contributed by atoms with van der Waals surface area (Å²) in [5, 5.41) is 9.85. The largest absolute Gasteiger partial charge is 0.508 e. The molecule has 0 heterocycles. The van der Waals surface area contributed by atoms with Gasteiger partial charge >= 0.3 is 0 Å². The van der Waals surface area contributed by atoms with E-state index in [1.807, 2.05) is 30.3 Å². The van der Waals surface area contributed by atoms with E-state index >= 15 is 0 Å². The maximum atomic E-state index is 12.6. The minimum atomic E-state index is -0.245. The molecule has 0 spiro atoms. The second kappa shape index (κ2) is 7.11. The molecule has 0 aromatic heterocycles. The van der Waals surface area contributed by atoms with Gasteiger partial charge in [-0.05, 0) is 23.8 Å². The van der Waals surface area contributed by atoms with Crippen molar-refractivity contribution in [3.05, 3.63) is 64.7 Å². The van der Waals surface area contributed by atoms with Crippen LogP contribution in [0.4, 0.5) is 0 Å². The van der Waals surface area contributed by atoms with Crippen LogP contribution in [0.25, 0.3) is 0 Å². The highest BCUT2D eigenvalue weighted by Crippen LogP contribution is 2.23. The standard InChI is InChI=1S/C16H17ClN2O2/c17-15-7-6-13(20)10-14(15)16(21)19(9-8-18)11-12-4-2-1-3-5-12/h1-7,10,20H,8-9,11,18H2. The van der Waals surface area contributed by atoms with Crippen molar-refractivity contribution < 1.29 is 9.90 Å². The molecule has 21 heavy (non-hydrogen) atoms. The van der Waals surface area contributed by atoms with Gasteiger partial charge in [0.1, 0.15) is 5.75 Å². The fourth-order valence-corrected chi connectivity index (χ4v) is 2.26. The van der Waals surface area contributed by atoms with Crippen LogP contribution in [0.3, 0.4) is 0 Å². The normalized spacial score (nSPS) is 10.4. The fourth-order valence-electron chi connectivity index (χ4n) is 2.06. The average molecular weight is 305 g/mol. The number of carbonyl (C=O) groups excluding carboxylic acids is 1. The third-order valence-electron chi connectivity index (χ3n) is 3.08. The molecule has 3 N–H and O–H groups in total. The zero-order chi connectivity index (χ0) is 15.2. The van der Waals surface area contributed by atoms with Gasteiger partial charge in [-0.1, -0.05) is 41.9 Å². The Balaban J connectivity index is 2.25. The van der Waals surface area contributed by atoms with Gasteiger partial charge in [0.15, 0.2) is 0 Å². The molecule has 2 aromatic carbocycles. The number of halogens is 1. The number of phenolic OH excluding ortho intramolecular Hbond substituents is 1. The first kappa shape index (κ1) is 15.4. The van der Waals surface area contributed by atoms with E-state index in [0.29, 0.717) is 24.7 Å². The summed E-state index contributed by atoms with van der Waals surface area (Å²) < 4.78 is 0. The summed E-state index contributed by atoms with van der Waals surface area (Å²) in [5.74, 6) is -0.236. The average Bonchev–Trinajstić information content (AvgIpc) is 2.49. The monoisotopic (exact) mass is 304 g/mol. The summed E-state index contributed by atoms with van der Waals surface area (Å²) in [6.07, 6.45) is 0. The predicted molar refractivity (Wildman–Crippen MR) is 83.4 cm³/mol. The summed E-state index contributed by atoms with van der Waals surface area (Å²) in [4.78, 5) is 14.2. The van der Waals surface area contributed by atoms with E-state index in [0.717, 1.165) is 5.56 Å². The highest BCUT2D eigenvalue weighted by Gasteiger charge is 2.18. The molecule has 0 atom stereocenters. The van der Waals surface area contributed by atoms with E-state index in [1.165, 1.54) is 18.2 Å². The van der Waals surface area contributed by atoms with Gasteiger partial charge in [-0.2, -0.15) is 0 Å². The van der Waals surface area contributed by atoms with Gasteiger partial charge in [0.25, 0.3) is 5.91 Å². The molecule has 0 aliphatic carbocycles. The van der Waals surface area contributed by atoms with Crippen molar-refractivity contribution in [1.29, 1.82) is 0 Å². The highest BCUT2D eigenvalue weighted by atomic mass is 35.5. The molecule has 0 fully saturated rings. The first-order valence-electron chi connectivity index (χ1n) is 6.63. The molecule has 2 rings (SSSR count). The lowest BCUT2D eigenvalue weighted by atomic mass is 10.1. The SMILES string of the molecule is NCCN(Cc1ccccc1)C(=O)c1cc(O)ccc1Cl. The van der Waals surface area contributed by atoms with Gasteiger partial charge in [0.05, 0.1) is 10.6 Å². The Kier molecular flexibility index (Phi) is 5.20. The third kappa shape index (κ3) is 3.97. The van der Waals surface area contributed by atoms with E-state index in [4.69, 9.17) is 17.3 Å². The first-order chi connectivity index (χ1) is 10.1. The summed E-state index contributed by atoms with van der Waals surface area (Å²) in [7, 11) is 0. The van der Waals surface area contributed by atoms with Crippen LogP contribution in [0.15, 0.2) is 48.5 Å². The Morgan fingerprint density at radius 2 is 1.90 bits per heavy atom. The number of phenols is 1. The van der Waals surface area contributed by atoms with Crippen LogP contribution in [0.5, 0.6) is 5.75 Å². The molecule has 2 aromatic rings. The van der Waals surface area contributed by atoms with Crippen molar-refractivity contribution in [3.8, 4) is 5.75 Å². The first-order valence-corrected chi connectivity index (χ1v) is 7.01. The summed E-state index contributed by atoms with van der Waals surface area (Å²) in [6, 6.07) is 14.0. The number of hydrogen-bond donors (Lipinski definition) is 2. The van der Waals surface area contributed by atoms with Gasteiger partial charge in [-0.25, -0.2) is 0 Å². The van der Waals surface area contributed by atoms with Crippen molar-refractivity contribution in [3.63, 3.8) is 0 Å². The van der Waals surface area contributed by atoms with Crippen LogP contribution in [-0.2, 0) is 6.54 Å². The van der Waals surface area contributed by atoms with Crippen LogP contribution < -0.4 is 5.73 Å². The maximum Gasteiger partial charge on any atom is 0.255 e. The second-order valence-corrected chi connectivity index (χ2v) is 5.07. The summed E-state index contributed by atoms with van der Waals surface area (Å²) >= 11 is 6.05. The maximum absolute atomic E-state index is 12.6. The molecular weight excluding hydrogens is 288 g/mol. The Hall–Kier alpha value is -2.04. The van der Waals surface area contributed by atoms with E-state index in [-0.39, 0.29) is 17.2 Å². The molecule has 0 bridgehead atoms. The minimum Gasteiger partial charge on any atom is -0.508 e. The molecule has 1 amide bonds. The highest BCUT2D eigenvalue weighted by molar-refractivity contribution is 6.33. The number of hydrogen-bond acceptors (Lipinski definition) is 3. The molecule has 4 nitrogen and oxygen atoms in total. The van der Waals surface area contributed by atoms with Gasteiger partial charge in [0.2, 0.25) is 0 Å². The van der Waals surface area contributed by atoms with E-state index in [2.05, 4.69) is 0 Å². The molecule has 0 aliphatic rings. The van der Waals surface area contributed by atoms with Crippen molar-refractivity contribution in [2.75, 3.05) is 13.1 Å². The van der Waals surface area contributed by atoms with Gasteiger partial charge in [-0.3, -0.25) is 4.79 Å². The molecule has 5 heteroatoms. The number of rotatable bonds is 5. The lowest BCUT2D eigenvalue weighted by molar-refractivity contribution is 0.0748. The Bertz CT molecular complexity index is 617. The van der Waals surface area contributed by atoms with Crippen molar-refractivity contribution >= 4 is 17.5 Å². The smallest absolute Gasteiger partial charge is 0.255 e. The molecule has 0 saturated carbocycles. The number of nitrogens with zero attached hydrogens (tertiary/aromatic N) is 1. The number of carbonyl (C=O) groups is 1. The van der Waals surface area contributed by atoms with Gasteiger partial charge in [0, 0.05) is 19.6 Å². The van der Waals surface area contributed by atoms with Crippen LogP contribution in [-0.4, -0.2) is 29.0 Å². The topological polar surface area (TPSA) is 66.6 Å². The number of benzene rings is 2. The van der Waals surface area contributed by atoms with Crippen LogP contribution in [0, 0.1) is 0 Å². The van der Waals surface area contributed by atoms with Gasteiger partial charge < -0.3 is 15.7 Å². The van der Waals surface area contributed by atoms with E-state index in [1.54, 1.807) is 4.90 Å². The van der Waals surface area contributed by atoms with Crippen molar-refractivity contribution in [1.82, 2.24) is 4.90 Å². The number of amides is 1. The number of aromatic hydroxyl groups is 1. The summed E-state index contributed by atoms with van der Waals surface area (Å²) in [5.41, 5.74) is 6.88. The molecule has 0 saturated heterocycles. The third-order valence-corrected chi connectivity index (χ3v) is 3.41. The fraction of sp³-hybridized carbons (Fsp3) is 0.188. The quantitative estimate of drug-likeness (QED) is 0.892. The molecular formula is C16H17ClN2O2. The zero-order valence-electron chi connectivity index (χ0n) is 11.5. The Labute approximate surface area is 128 Å². The number of nitrogens with two attached hydrogens (primary N) is 1. The van der Waals surface area contributed by atoms with Gasteiger partial charge in [-0.15, -0.1) is 0 Å². The van der Waals surface area contributed by atoms with Crippen LogP contribution >= 0.6 is 11.6 Å². The molecule has 0 radical (unpaired) electrons. The predicted octanol–water partition coefficient (Wildman–Crippen LogP) is 2.65. The summed E-state index contributed by atoms with van der Waals surface area (Å²) in [6.45, 7) is 1.22. The lowest BCUT2D eigenvalue weighted by Crippen LogP contribution is -2.35. The zero-order valence-corrected chi connectivity index (χ0v) is 12.3. The van der Waals surface area contributed by atoms with E-state index in [9.17, 15) is 9.90 Å². The van der Waals surface area contributed by atoms with Crippen LogP contribution in [0.2, 0.25) is 5.02 Å². The molecule has 0 unspecified atom stereocenters. The van der Waals surface area contributed by atoms with Crippen molar-refractivity contribution in [2.45, 2.75) is 6.54 Å². The van der Waals surface area contributed by atoms with Crippen molar-refractivity contribution in [2.24, 2.45) is 5.73 Å². The molecule has 110 valence electrons.